The van der Waals surface area contributed by atoms with E-state index in [2.05, 4.69) is 5.32 Å². The fourth-order valence-corrected chi connectivity index (χ4v) is 4.88. The lowest BCUT2D eigenvalue weighted by Gasteiger charge is -2.34. The van der Waals surface area contributed by atoms with E-state index in [4.69, 9.17) is 21.1 Å². The number of carbonyl (C=O) groups is 1. The van der Waals surface area contributed by atoms with Gasteiger partial charge in [-0.05, 0) is 48.5 Å². The molecular formula is C22H19ClN2O5S. The molecule has 1 aliphatic rings. The van der Waals surface area contributed by atoms with E-state index in [1.807, 2.05) is 0 Å². The van der Waals surface area contributed by atoms with Crippen LogP contribution in [-0.2, 0) is 14.8 Å². The van der Waals surface area contributed by atoms with E-state index in [1.165, 1.54) is 23.5 Å². The standard InChI is InChI=1S/C22H19ClN2O5S/c1-29-15-10-12-16(13-11-15)31(27,28)25-14-21(30-20-9-5-4-8-19(20)25)22(26)24-18-7-3-2-6-17(18)23/h2-13,21H,14H2,1H3,(H,24,26)/t21-/m1/s1. The first-order valence-electron chi connectivity index (χ1n) is 9.38. The Kier molecular flexibility index (Phi) is 5.75. The summed E-state index contributed by atoms with van der Waals surface area (Å²) in [5.74, 6) is 0.334. The van der Waals surface area contributed by atoms with E-state index < -0.39 is 22.0 Å². The van der Waals surface area contributed by atoms with Crippen LogP contribution in [-0.4, -0.2) is 34.1 Å². The SMILES string of the molecule is COc1ccc(S(=O)(=O)N2C[C@H](C(=O)Nc3ccccc3Cl)Oc3ccccc32)cc1. The first-order valence-corrected chi connectivity index (χ1v) is 11.2. The number of para-hydroxylation sites is 3. The lowest BCUT2D eigenvalue weighted by atomic mass is 10.2. The van der Waals surface area contributed by atoms with Crippen molar-refractivity contribution in [1.29, 1.82) is 0 Å². The molecule has 4 rings (SSSR count). The van der Waals surface area contributed by atoms with Crippen LogP contribution in [0.5, 0.6) is 11.5 Å². The molecule has 0 radical (unpaired) electrons. The summed E-state index contributed by atoms with van der Waals surface area (Å²) in [6, 6.07) is 19.5. The topological polar surface area (TPSA) is 84.9 Å². The lowest BCUT2D eigenvalue weighted by Crippen LogP contribution is -2.48. The van der Waals surface area contributed by atoms with Crippen LogP contribution in [0.15, 0.2) is 77.7 Å². The van der Waals surface area contributed by atoms with Gasteiger partial charge in [0.25, 0.3) is 15.9 Å². The predicted octanol–water partition coefficient (Wildman–Crippen LogP) is 3.94. The zero-order chi connectivity index (χ0) is 22.0. The molecule has 0 bridgehead atoms. The minimum atomic E-state index is -3.96. The fourth-order valence-electron chi connectivity index (χ4n) is 3.22. The highest BCUT2D eigenvalue weighted by Crippen LogP contribution is 2.37. The van der Waals surface area contributed by atoms with Crippen LogP contribution in [0.2, 0.25) is 5.02 Å². The number of ether oxygens (including phenoxy) is 2. The molecule has 1 N–H and O–H groups in total. The molecule has 0 unspecified atom stereocenters. The van der Waals surface area contributed by atoms with Gasteiger partial charge in [-0.1, -0.05) is 35.9 Å². The van der Waals surface area contributed by atoms with Crippen molar-refractivity contribution in [2.75, 3.05) is 23.3 Å². The van der Waals surface area contributed by atoms with Gasteiger partial charge in [-0.15, -0.1) is 0 Å². The molecule has 0 spiro atoms. The second-order valence-electron chi connectivity index (χ2n) is 6.75. The highest BCUT2D eigenvalue weighted by molar-refractivity contribution is 7.92. The Bertz CT molecular complexity index is 1210. The minimum absolute atomic E-state index is 0.0789. The Hall–Kier alpha value is -3.23. The molecule has 1 aliphatic heterocycles. The number of fused-ring (bicyclic) bond motifs is 1. The second kappa shape index (κ2) is 8.49. The zero-order valence-corrected chi connectivity index (χ0v) is 18.1. The van der Waals surface area contributed by atoms with E-state index in [9.17, 15) is 13.2 Å². The number of carbonyl (C=O) groups excluding carboxylic acids is 1. The van der Waals surface area contributed by atoms with E-state index >= 15 is 0 Å². The third kappa shape index (κ3) is 4.17. The average molecular weight is 459 g/mol. The Labute approximate surface area is 185 Å². The molecular weight excluding hydrogens is 440 g/mol. The van der Waals surface area contributed by atoms with E-state index in [0.717, 1.165) is 0 Å². The molecule has 7 nitrogen and oxygen atoms in total. The van der Waals surface area contributed by atoms with Crippen molar-refractivity contribution in [2.24, 2.45) is 0 Å². The maximum absolute atomic E-state index is 13.4. The van der Waals surface area contributed by atoms with Crippen molar-refractivity contribution >= 4 is 38.9 Å². The molecule has 160 valence electrons. The van der Waals surface area contributed by atoms with E-state index in [0.29, 0.717) is 27.9 Å². The van der Waals surface area contributed by atoms with Crippen LogP contribution in [0.4, 0.5) is 11.4 Å². The summed E-state index contributed by atoms with van der Waals surface area (Å²) in [5.41, 5.74) is 0.779. The van der Waals surface area contributed by atoms with Crippen LogP contribution in [0.3, 0.4) is 0 Å². The van der Waals surface area contributed by atoms with Gasteiger partial charge < -0.3 is 14.8 Å². The van der Waals surface area contributed by atoms with Gasteiger partial charge in [0, 0.05) is 0 Å². The summed E-state index contributed by atoms with van der Waals surface area (Å²) in [5, 5.41) is 3.07. The van der Waals surface area contributed by atoms with Crippen molar-refractivity contribution in [3.8, 4) is 11.5 Å². The molecule has 3 aromatic carbocycles. The average Bonchev–Trinajstić information content (AvgIpc) is 2.79. The van der Waals surface area contributed by atoms with Crippen LogP contribution in [0.25, 0.3) is 0 Å². The summed E-state index contributed by atoms with van der Waals surface area (Å²) in [6.45, 7) is -0.193. The van der Waals surface area contributed by atoms with Crippen LogP contribution >= 0.6 is 11.6 Å². The Balaban J connectivity index is 1.67. The molecule has 1 amide bonds. The Morgan fingerprint density at radius 3 is 2.45 bits per heavy atom. The van der Waals surface area contributed by atoms with Crippen molar-refractivity contribution < 1.29 is 22.7 Å². The maximum atomic E-state index is 13.4. The van der Waals surface area contributed by atoms with Gasteiger partial charge in [0.15, 0.2) is 6.10 Å². The smallest absolute Gasteiger partial charge is 0.267 e. The van der Waals surface area contributed by atoms with Gasteiger partial charge >= 0.3 is 0 Å². The second-order valence-corrected chi connectivity index (χ2v) is 9.02. The van der Waals surface area contributed by atoms with Gasteiger partial charge in [-0.3, -0.25) is 9.10 Å². The third-order valence-electron chi connectivity index (χ3n) is 4.81. The van der Waals surface area contributed by atoms with Gasteiger partial charge in [-0.2, -0.15) is 0 Å². The number of anilines is 2. The highest BCUT2D eigenvalue weighted by Gasteiger charge is 2.37. The number of hydrogen-bond acceptors (Lipinski definition) is 5. The number of amides is 1. The maximum Gasteiger partial charge on any atom is 0.267 e. The number of nitrogens with one attached hydrogen (secondary N) is 1. The Morgan fingerprint density at radius 2 is 1.74 bits per heavy atom. The zero-order valence-electron chi connectivity index (χ0n) is 16.5. The highest BCUT2D eigenvalue weighted by atomic mass is 35.5. The van der Waals surface area contributed by atoms with Crippen LogP contribution < -0.4 is 19.1 Å². The summed E-state index contributed by atoms with van der Waals surface area (Å²) in [4.78, 5) is 13.0. The fraction of sp³-hybridized carbons (Fsp3) is 0.136. The number of benzene rings is 3. The molecule has 1 heterocycles. The summed E-state index contributed by atoms with van der Waals surface area (Å²) >= 11 is 6.12. The molecule has 31 heavy (non-hydrogen) atoms. The van der Waals surface area contributed by atoms with Gasteiger partial charge in [0.05, 0.1) is 34.9 Å². The summed E-state index contributed by atoms with van der Waals surface area (Å²) in [6.07, 6.45) is -1.07. The monoisotopic (exact) mass is 458 g/mol. The molecule has 0 saturated carbocycles. The molecule has 9 heteroatoms. The number of methoxy groups -OCH3 is 1. The number of halogens is 1. The molecule has 3 aromatic rings. The molecule has 0 fully saturated rings. The summed E-state index contributed by atoms with van der Waals surface area (Å²) in [7, 11) is -2.45. The van der Waals surface area contributed by atoms with Crippen molar-refractivity contribution in [3.05, 3.63) is 77.8 Å². The van der Waals surface area contributed by atoms with Crippen LogP contribution in [0, 0.1) is 0 Å². The number of hydrogen-bond donors (Lipinski definition) is 1. The largest absolute Gasteiger partial charge is 0.497 e. The Morgan fingerprint density at radius 1 is 1.06 bits per heavy atom. The predicted molar refractivity (Wildman–Crippen MR) is 118 cm³/mol. The lowest BCUT2D eigenvalue weighted by molar-refractivity contribution is -0.122. The van der Waals surface area contributed by atoms with Crippen molar-refractivity contribution in [2.45, 2.75) is 11.0 Å². The molecule has 0 aliphatic carbocycles. The van der Waals surface area contributed by atoms with Crippen LogP contribution in [0.1, 0.15) is 0 Å². The van der Waals surface area contributed by atoms with Gasteiger partial charge in [-0.25, -0.2) is 8.42 Å². The van der Waals surface area contributed by atoms with Gasteiger partial charge in [0.2, 0.25) is 0 Å². The molecule has 0 aromatic heterocycles. The number of rotatable bonds is 5. The third-order valence-corrected chi connectivity index (χ3v) is 6.93. The molecule has 1 atom stereocenters. The number of nitrogens with zero attached hydrogens (tertiary/aromatic N) is 1. The summed E-state index contributed by atoms with van der Waals surface area (Å²) < 4.78 is 38.9. The normalized spacial score (nSPS) is 15.5. The van der Waals surface area contributed by atoms with Crippen molar-refractivity contribution in [3.63, 3.8) is 0 Å². The number of sulfonamides is 1. The molecule has 0 saturated heterocycles. The van der Waals surface area contributed by atoms with E-state index in [-0.39, 0.29) is 11.4 Å². The first kappa shape index (κ1) is 21.0. The van der Waals surface area contributed by atoms with Gasteiger partial charge in [0.1, 0.15) is 11.5 Å². The minimum Gasteiger partial charge on any atom is -0.497 e. The quantitative estimate of drug-likeness (QED) is 0.626. The first-order chi connectivity index (χ1) is 14.9. The van der Waals surface area contributed by atoms with E-state index in [1.54, 1.807) is 60.7 Å². The van der Waals surface area contributed by atoms with Crippen molar-refractivity contribution in [1.82, 2.24) is 0 Å².